The molecule has 0 aliphatic carbocycles. The van der Waals surface area contributed by atoms with E-state index in [2.05, 4.69) is 20.8 Å². The van der Waals surface area contributed by atoms with E-state index in [1.807, 2.05) is 24.3 Å². The average molecular weight is 220 g/mol. The van der Waals surface area contributed by atoms with Crippen LogP contribution >= 0.6 is 0 Å². The number of carboxylic acid groups (broad SMARTS) is 1. The first-order valence-electron chi connectivity index (χ1n) is 5.06. The highest BCUT2D eigenvalue weighted by molar-refractivity contribution is 5.79. The quantitative estimate of drug-likeness (QED) is 0.629. The molecule has 16 heavy (non-hydrogen) atoms. The van der Waals surface area contributed by atoms with E-state index in [1.54, 1.807) is 0 Å². The van der Waals surface area contributed by atoms with Gasteiger partial charge in [-0.3, -0.25) is 0 Å². The van der Waals surface area contributed by atoms with E-state index in [4.69, 9.17) is 9.84 Å². The number of aliphatic carboxylic acids is 1. The summed E-state index contributed by atoms with van der Waals surface area (Å²) in [6, 6.07) is 7.60. The van der Waals surface area contributed by atoms with Crippen LogP contribution in [0.1, 0.15) is 26.3 Å². The van der Waals surface area contributed by atoms with Crippen LogP contribution in [-0.4, -0.2) is 11.1 Å². The molecule has 0 unspecified atom stereocenters. The first-order valence-corrected chi connectivity index (χ1v) is 5.06. The Balaban J connectivity index is 2.69. The van der Waals surface area contributed by atoms with Gasteiger partial charge in [-0.05, 0) is 23.1 Å². The third kappa shape index (κ3) is 3.77. The third-order valence-corrected chi connectivity index (χ3v) is 2.14. The van der Waals surface area contributed by atoms with E-state index < -0.39 is 5.97 Å². The molecule has 0 atom stereocenters. The second-order valence-electron chi connectivity index (χ2n) is 4.53. The Labute approximate surface area is 95.4 Å². The van der Waals surface area contributed by atoms with Crippen LogP contribution in [0.15, 0.2) is 36.6 Å². The van der Waals surface area contributed by atoms with Crippen molar-refractivity contribution >= 4 is 5.97 Å². The first kappa shape index (κ1) is 12.3. The van der Waals surface area contributed by atoms with Crippen molar-refractivity contribution in [2.45, 2.75) is 26.2 Å². The molecule has 1 rings (SSSR count). The van der Waals surface area contributed by atoms with Gasteiger partial charge in [0, 0.05) is 0 Å². The Morgan fingerprint density at radius 3 is 2.25 bits per heavy atom. The van der Waals surface area contributed by atoms with Gasteiger partial charge in [-0.15, -0.1) is 0 Å². The molecule has 1 aromatic rings. The molecular weight excluding hydrogens is 204 g/mol. The van der Waals surface area contributed by atoms with E-state index in [0.717, 1.165) is 12.3 Å². The lowest BCUT2D eigenvalue weighted by molar-refractivity contribution is -0.131. The van der Waals surface area contributed by atoms with Crippen molar-refractivity contribution in [3.63, 3.8) is 0 Å². The third-order valence-electron chi connectivity index (χ3n) is 2.14. The molecule has 1 N–H and O–H groups in total. The number of hydrogen-bond donors (Lipinski definition) is 1. The minimum absolute atomic E-state index is 0.107. The molecule has 0 fully saturated rings. The molecule has 0 aliphatic heterocycles. The van der Waals surface area contributed by atoms with Crippen molar-refractivity contribution < 1.29 is 14.6 Å². The smallest absolute Gasteiger partial charge is 0.331 e. The molecule has 0 bridgehead atoms. The normalized spacial score (nSPS) is 11.7. The van der Waals surface area contributed by atoms with Crippen LogP contribution in [0.5, 0.6) is 5.75 Å². The second-order valence-corrected chi connectivity index (χ2v) is 4.53. The monoisotopic (exact) mass is 220 g/mol. The maximum absolute atomic E-state index is 10.2. The van der Waals surface area contributed by atoms with Gasteiger partial charge in [-0.25, -0.2) is 4.79 Å². The van der Waals surface area contributed by atoms with Gasteiger partial charge in [0.2, 0.25) is 0 Å². The number of carbonyl (C=O) groups is 1. The van der Waals surface area contributed by atoms with Gasteiger partial charge in [0.25, 0.3) is 0 Å². The lowest BCUT2D eigenvalue weighted by Gasteiger charge is -2.18. The predicted molar refractivity (Wildman–Crippen MR) is 62.5 cm³/mol. The molecule has 0 saturated heterocycles. The minimum atomic E-state index is -1.02. The number of carboxylic acids is 1. The molecule has 0 aliphatic rings. The molecule has 0 saturated carbocycles. The van der Waals surface area contributed by atoms with Crippen LogP contribution in [-0.2, 0) is 10.2 Å². The molecule has 0 aromatic heterocycles. The van der Waals surface area contributed by atoms with E-state index in [9.17, 15) is 4.79 Å². The van der Waals surface area contributed by atoms with Gasteiger partial charge in [0.1, 0.15) is 5.75 Å². The van der Waals surface area contributed by atoms with Gasteiger partial charge in [-0.1, -0.05) is 32.9 Å². The van der Waals surface area contributed by atoms with Crippen LogP contribution in [0, 0.1) is 0 Å². The molecule has 86 valence electrons. The molecule has 0 spiro atoms. The predicted octanol–water partition coefficient (Wildman–Crippen LogP) is 2.96. The Kier molecular flexibility index (Phi) is 3.72. The van der Waals surface area contributed by atoms with Gasteiger partial charge < -0.3 is 9.84 Å². The summed E-state index contributed by atoms with van der Waals surface area (Å²) >= 11 is 0. The van der Waals surface area contributed by atoms with Crippen LogP contribution in [0.25, 0.3) is 0 Å². The van der Waals surface area contributed by atoms with Gasteiger partial charge in [0.15, 0.2) is 0 Å². The molecule has 0 amide bonds. The van der Waals surface area contributed by atoms with Gasteiger partial charge in [-0.2, -0.15) is 0 Å². The first-order chi connectivity index (χ1) is 7.39. The number of hydrogen-bond acceptors (Lipinski definition) is 2. The summed E-state index contributed by atoms with van der Waals surface area (Å²) in [5.41, 5.74) is 1.32. The van der Waals surface area contributed by atoms with Crippen molar-refractivity contribution in [1.82, 2.24) is 0 Å². The average Bonchev–Trinajstić information content (AvgIpc) is 2.16. The van der Waals surface area contributed by atoms with E-state index >= 15 is 0 Å². The van der Waals surface area contributed by atoms with Crippen molar-refractivity contribution in [3.8, 4) is 5.75 Å². The summed E-state index contributed by atoms with van der Waals surface area (Å²) in [7, 11) is 0. The Hall–Kier alpha value is -1.77. The molecule has 3 nitrogen and oxygen atoms in total. The lowest BCUT2D eigenvalue weighted by atomic mass is 9.87. The summed E-state index contributed by atoms with van der Waals surface area (Å²) in [6.07, 6.45) is 2.12. The lowest BCUT2D eigenvalue weighted by Crippen LogP contribution is -2.10. The summed E-state index contributed by atoms with van der Waals surface area (Å²) in [4.78, 5) is 10.2. The fourth-order valence-corrected chi connectivity index (χ4v) is 1.20. The zero-order valence-corrected chi connectivity index (χ0v) is 9.73. The molecule has 3 heteroatoms. The topological polar surface area (TPSA) is 46.5 Å². The number of benzene rings is 1. The highest BCUT2D eigenvalue weighted by Gasteiger charge is 2.12. The van der Waals surface area contributed by atoms with Gasteiger partial charge >= 0.3 is 5.97 Å². The zero-order valence-electron chi connectivity index (χ0n) is 9.73. The molecular formula is C13H16O3. The highest BCUT2D eigenvalue weighted by atomic mass is 16.5. The van der Waals surface area contributed by atoms with Crippen LogP contribution in [0.2, 0.25) is 0 Å². The Morgan fingerprint density at radius 1 is 1.25 bits per heavy atom. The second kappa shape index (κ2) is 4.84. The standard InChI is InChI=1S/C13H16O3/c1-13(2,3)10-4-6-11(7-5-10)16-9-8-12(14)15/h4-9H,1-3H3,(H,14,15)/b9-8+. The minimum Gasteiger partial charge on any atom is -0.478 e. The number of rotatable bonds is 3. The van der Waals surface area contributed by atoms with Crippen molar-refractivity contribution in [2.75, 3.05) is 0 Å². The highest BCUT2D eigenvalue weighted by Crippen LogP contribution is 2.24. The Morgan fingerprint density at radius 2 is 1.81 bits per heavy atom. The van der Waals surface area contributed by atoms with Crippen LogP contribution < -0.4 is 4.74 Å². The van der Waals surface area contributed by atoms with E-state index in [-0.39, 0.29) is 5.41 Å². The SMILES string of the molecule is CC(C)(C)c1ccc(O/C=C/C(=O)O)cc1. The van der Waals surface area contributed by atoms with Crippen molar-refractivity contribution in [2.24, 2.45) is 0 Å². The number of ether oxygens (including phenoxy) is 1. The summed E-state index contributed by atoms with van der Waals surface area (Å²) < 4.78 is 5.12. The molecule has 1 aromatic carbocycles. The van der Waals surface area contributed by atoms with E-state index in [1.165, 1.54) is 5.56 Å². The van der Waals surface area contributed by atoms with Crippen molar-refractivity contribution in [1.29, 1.82) is 0 Å². The van der Waals surface area contributed by atoms with Crippen LogP contribution in [0.3, 0.4) is 0 Å². The van der Waals surface area contributed by atoms with Crippen molar-refractivity contribution in [3.05, 3.63) is 42.2 Å². The zero-order chi connectivity index (χ0) is 12.2. The summed E-state index contributed by atoms with van der Waals surface area (Å²) in [5, 5.41) is 8.38. The van der Waals surface area contributed by atoms with E-state index in [0.29, 0.717) is 5.75 Å². The molecule has 0 radical (unpaired) electrons. The maximum Gasteiger partial charge on any atom is 0.331 e. The molecule has 0 heterocycles. The maximum atomic E-state index is 10.2. The fraction of sp³-hybridized carbons (Fsp3) is 0.308. The van der Waals surface area contributed by atoms with Crippen LogP contribution in [0.4, 0.5) is 0 Å². The summed E-state index contributed by atoms with van der Waals surface area (Å²) in [6.45, 7) is 6.40. The largest absolute Gasteiger partial charge is 0.478 e. The summed E-state index contributed by atoms with van der Waals surface area (Å²) in [5.74, 6) is -0.392. The fourth-order valence-electron chi connectivity index (χ4n) is 1.20. The van der Waals surface area contributed by atoms with Gasteiger partial charge in [0.05, 0.1) is 12.3 Å². The Bertz CT molecular complexity index is 383.